The summed E-state index contributed by atoms with van der Waals surface area (Å²) in [5.41, 5.74) is 1.04. The smallest absolute Gasteiger partial charge is 0.340 e. The molecular formula is C20H20ClNO4S. The van der Waals surface area contributed by atoms with Crippen molar-refractivity contribution in [2.45, 2.75) is 17.7 Å². The summed E-state index contributed by atoms with van der Waals surface area (Å²) in [6.45, 7) is 1.05. The number of carbonyl (C=O) groups excluding carboxylic acids is 1. The molecule has 0 amide bonds. The van der Waals surface area contributed by atoms with E-state index in [1.165, 1.54) is 22.5 Å². The van der Waals surface area contributed by atoms with E-state index in [0.29, 0.717) is 13.1 Å². The van der Waals surface area contributed by atoms with Gasteiger partial charge in [0.05, 0.1) is 15.5 Å². The first kappa shape index (κ1) is 19.6. The third-order valence-electron chi connectivity index (χ3n) is 4.28. The fourth-order valence-corrected chi connectivity index (χ4v) is 4.59. The van der Waals surface area contributed by atoms with Crippen LogP contribution >= 0.6 is 11.6 Å². The molecule has 27 heavy (non-hydrogen) atoms. The Balaban J connectivity index is 1.70. The van der Waals surface area contributed by atoms with Crippen LogP contribution in [-0.2, 0) is 14.8 Å². The van der Waals surface area contributed by atoms with Crippen molar-refractivity contribution >= 4 is 33.7 Å². The summed E-state index contributed by atoms with van der Waals surface area (Å²) in [7, 11) is -3.62. The molecule has 0 unspecified atom stereocenters. The van der Waals surface area contributed by atoms with Crippen molar-refractivity contribution in [1.29, 1.82) is 0 Å². The molecule has 0 saturated carbocycles. The van der Waals surface area contributed by atoms with E-state index in [9.17, 15) is 13.2 Å². The zero-order valence-electron chi connectivity index (χ0n) is 14.7. The van der Waals surface area contributed by atoms with Crippen LogP contribution in [0.3, 0.4) is 0 Å². The average molecular weight is 406 g/mol. The second-order valence-electron chi connectivity index (χ2n) is 6.16. The molecule has 0 atom stereocenters. The second-order valence-corrected chi connectivity index (χ2v) is 8.51. The van der Waals surface area contributed by atoms with Crippen LogP contribution in [0.1, 0.15) is 28.8 Å². The maximum atomic E-state index is 12.7. The number of ether oxygens (including phenoxy) is 1. The Bertz CT molecular complexity index is 936. The SMILES string of the molecule is O=C(OC/C=C/c1ccccc1)c1cc(S(=O)(=O)N2CCCC2)ccc1Cl. The number of halogens is 1. The van der Waals surface area contributed by atoms with Gasteiger partial charge in [-0.2, -0.15) is 4.31 Å². The van der Waals surface area contributed by atoms with E-state index in [2.05, 4.69) is 0 Å². The highest BCUT2D eigenvalue weighted by atomic mass is 35.5. The Morgan fingerprint density at radius 3 is 2.52 bits per heavy atom. The van der Waals surface area contributed by atoms with Gasteiger partial charge in [-0.05, 0) is 42.7 Å². The van der Waals surface area contributed by atoms with Crippen molar-refractivity contribution in [3.63, 3.8) is 0 Å². The number of hydrogen-bond donors (Lipinski definition) is 0. The van der Waals surface area contributed by atoms with E-state index in [4.69, 9.17) is 16.3 Å². The number of sulfonamides is 1. The Morgan fingerprint density at radius 2 is 1.81 bits per heavy atom. The lowest BCUT2D eigenvalue weighted by Crippen LogP contribution is -2.28. The summed E-state index contributed by atoms with van der Waals surface area (Å²) in [5.74, 6) is -0.656. The van der Waals surface area contributed by atoms with Crippen molar-refractivity contribution in [1.82, 2.24) is 4.31 Å². The monoisotopic (exact) mass is 405 g/mol. The molecule has 2 aromatic rings. The largest absolute Gasteiger partial charge is 0.458 e. The van der Waals surface area contributed by atoms with Gasteiger partial charge < -0.3 is 4.74 Å². The Kier molecular flexibility index (Phi) is 6.31. The molecule has 3 rings (SSSR count). The molecule has 1 fully saturated rings. The van der Waals surface area contributed by atoms with Crippen molar-refractivity contribution in [2.75, 3.05) is 19.7 Å². The number of nitrogens with zero attached hydrogens (tertiary/aromatic N) is 1. The normalized spacial score (nSPS) is 15.3. The minimum atomic E-state index is -3.62. The Morgan fingerprint density at radius 1 is 1.11 bits per heavy atom. The van der Waals surface area contributed by atoms with E-state index in [-0.39, 0.29) is 22.1 Å². The van der Waals surface area contributed by atoms with Crippen LogP contribution in [0.25, 0.3) is 6.08 Å². The maximum Gasteiger partial charge on any atom is 0.340 e. The quantitative estimate of drug-likeness (QED) is 0.681. The van der Waals surface area contributed by atoms with Gasteiger partial charge in [0.25, 0.3) is 0 Å². The molecule has 0 spiro atoms. The van der Waals surface area contributed by atoms with Crippen LogP contribution in [0.5, 0.6) is 0 Å². The van der Waals surface area contributed by atoms with E-state index in [1.807, 2.05) is 36.4 Å². The van der Waals surface area contributed by atoms with Crippen LogP contribution in [0.15, 0.2) is 59.5 Å². The first-order chi connectivity index (χ1) is 13.0. The fourth-order valence-electron chi connectivity index (χ4n) is 2.85. The van der Waals surface area contributed by atoms with Gasteiger partial charge >= 0.3 is 5.97 Å². The highest BCUT2D eigenvalue weighted by Gasteiger charge is 2.28. The van der Waals surface area contributed by atoms with Crippen LogP contribution in [-0.4, -0.2) is 38.4 Å². The zero-order valence-corrected chi connectivity index (χ0v) is 16.2. The van der Waals surface area contributed by atoms with E-state index < -0.39 is 16.0 Å². The topological polar surface area (TPSA) is 63.7 Å². The predicted octanol–water partition coefficient (Wildman–Crippen LogP) is 3.99. The number of hydrogen-bond acceptors (Lipinski definition) is 4. The molecular weight excluding hydrogens is 386 g/mol. The maximum absolute atomic E-state index is 12.7. The molecule has 0 radical (unpaired) electrons. The zero-order chi connectivity index (χ0) is 19.3. The summed E-state index contributed by atoms with van der Waals surface area (Å²) in [6.07, 6.45) is 5.24. The number of rotatable bonds is 6. The molecule has 1 aliphatic heterocycles. The van der Waals surface area contributed by atoms with Gasteiger partial charge in [0.1, 0.15) is 6.61 Å². The lowest BCUT2D eigenvalue weighted by atomic mass is 10.2. The van der Waals surface area contributed by atoms with Gasteiger partial charge in [-0.15, -0.1) is 0 Å². The molecule has 0 aromatic heterocycles. The minimum absolute atomic E-state index is 0.0463. The van der Waals surface area contributed by atoms with E-state index in [0.717, 1.165) is 18.4 Å². The standard InChI is InChI=1S/C20H20ClNO4S/c21-19-11-10-17(27(24,25)22-12-4-5-13-22)15-18(19)20(23)26-14-6-9-16-7-2-1-3-8-16/h1-3,6-11,15H,4-5,12-14H2/b9-6+. The predicted molar refractivity (Wildman–Crippen MR) is 105 cm³/mol. The second kappa shape index (κ2) is 8.69. The molecule has 0 bridgehead atoms. The summed E-state index contributed by atoms with van der Waals surface area (Å²) < 4.78 is 31.9. The number of carbonyl (C=O) groups is 1. The summed E-state index contributed by atoms with van der Waals surface area (Å²) >= 11 is 6.08. The third kappa shape index (κ3) is 4.77. The van der Waals surface area contributed by atoms with Gasteiger partial charge in [0.2, 0.25) is 10.0 Å². The van der Waals surface area contributed by atoms with Crippen molar-refractivity contribution in [3.05, 3.63) is 70.8 Å². The van der Waals surface area contributed by atoms with Crippen LogP contribution < -0.4 is 0 Å². The first-order valence-electron chi connectivity index (χ1n) is 8.67. The van der Waals surface area contributed by atoms with Gasteiger partial charge in [0, 0.05) is 13.1 Å². The first-order valence-corrected chi connectivity index (χ1v) is 10.5. The van der Waals surface area contributed by atoms with Gasteiger partial charge in [-0.1, -0.05) is 48.0 Å². The Hall–Kier alpha value is -2.15. The van der Waals surface area contributed by atoms with Crippen LogP contribution in [0.4, 0.5) is 0 Å². The summed E-state index contributed by atoms with van der Waals surface area (Å²) in [6, 6.07) is 13.7. The summed E-state index contributed by atoms with van der Waals surface area (Å²) in [5, 5.41) is 0.160. The molecule has 142 valence electrons. The molecule has 1 heterocycles. The van der Waals surface area contributed by atoms with E-state index >= 15 is 0 Å². The summed E-state index contributed by atoms with van der Waals surface area (Å²) in [4.78, 5) is 12.4. The molecule has 0 aliphatic carbocycles. The molecule has 1 aliphatic rings. The Labute approximate surface area is 164 Å². The van der Waals surface area contributed by atoms with Crippen LogP contribution in [0, 0.1) is 0 Å². The van der Waals surface area contributed by atoms with E-state index in [1.54, 1.807) is 6.08 Å². The highest BCUT2D eigenvalue weighted by molar-refractivity contribution is 7.89. The lowest BCUT2D eigenvalue weighted by Gasteiger charge is -2.16. The van der Waals surface area contributed by atoms with Crippen molar-refractivity contribution in [3.8, 4) is 0 Å². The van der Waals surface area contributed by atoms with Gasteiger partial charge in [-0.3, -0.25) is 0 Å². The number of esters is 1. The van der Waals surface area contributed by atoms with Gasteiger partial charge in [-0.25, -0.2) is 13.2 Å². The van der Waals surface area contributed by atoms with Crippen molar-refractivity contribution in [2.24, 2.45) is 0 Å². The van der Waals surface area contributed by atoms with Gasteiger partial charge in [0.15, 0.2) is 0 Å². The average Bonchev–Trinajstić information content (AvgIpc) is 3.22. The highest BCUT2D eigenvalue weighted by Crippen LogP contribution is 2.25. The molecule has 2 aromatic carbocycles. The molecule has 7 heteroatoms. The molecule has 0 N–H and O–H groups in total. The number of benzene rings is 2. The molecule has 1 saturated heterocycles. The molecule has 5 nitrogen and oxygen atoms in total. The fraction of sp³-hybridized carbons (Fsp3) is 0.250. The van der Waals surface area contributed by atoms with Crippen LogP contribution in [0.2, 0.25) is 5.02 Å². The lowest BCUT2D eigenvalue weighted by molar-refractivity contribution is 0.0550. The minimum Gasteiger partial charge on any atom is -0.458 e. The third-order valence-corrected chi connectivity index (χ3v) is 6.51. The van der Waals surface area contributed by atoms with Crippen molar-refractivity contribution < 1.29 is 17.9 Å².